The van der Waals surface area contributed by atoms with Crippen molar-refractivity contribution in [2.45, 2.75) is 6.42 Å². The molecule has 0 spiro atoms. The molecule has 0 fully saturated rings. The third kappa shape index (κ3) is 4.31. The van der Waals surface area contributed by atoms with Crippen LogP contribution in [-0.4, -0.2) is 17.5 Å². The van der Waals surface area contributed by atoms with E-state index in [-0.39, 0.29) is 12.3 Å². The van der Waals surface area contributed by atoms with Gasteiger partial charge in [-0.15, -0.1) is 11.3 Å². The molecule has 1 amide bonds. The number of anilines is 1. The van der Waals surface area contributed by atoms with Crippen LogP contribution in [0.15, 0.2) is 59.1 Å². The van der Waals surface area contributed by atoms with Crippen LogP contribution in [-0.2, 0) is 11.2 Å². The topological polar surface area (TPSA) is 51.2 Å². The number of ether oxygens (including phenoxy) is 1. The Hall–Kier alpha value is -2.44. The Morgan fingerprint density at radius 2 is 2.25 bits per heavy atom. The molecule has 4 nitrogen and oxygen atoms in total. The molecule has 1 N–H and O–H groups in total. The Bertz CT molecular complexity index is 825. The average Bonchev–Trinajstić information content (AvgIpc) is 3.24. The lowest BCUT2D eigenvalue weighted by Crippen LogP contribution is -2.14. The highest BCUT2D eigenvalue weighted by atomic mass is 32.1. The van der Waals surface area contributed by atoms with Crippen LogP contribution < -0.4 is 10.1 Å². The van der Waals surface area contributed by atoms with Gasteiger partial charge in [0.15, 0.2) is 0 Å². The number of nitrogens with zero attached hydrogens (tertiary/aromatic N) is 1. The van der Waals surface area contributed by atoms with Crippen molar-refractivity contribution in [2.75, 3.05) is 11.9 Å². The van der Waals surface area contributed by atoms with Gasteiger partial charge in [-0.05, 0) is 23.6 Å². The van der Waals surface area contributed by atoms with E-state index in [1.165, 1.54) is 0 Å². The molecular formula is C18H16N2O2S2. The van der Waals surface area contributed by atoms with Gasteiger partial charge >= 0.3 is 0 Å². The fourth-order valence-corrected chi connectivity index (χ4v) is 3.63. The number of carbonyl (C=O) groups excluding carboxylic acids is 1. The largest absolute Gasteiger partial charge is 0.489 e. The van der Waals surface area contributed by atoms with Crippen LogP contribution in [0.25, 0.3) is 10.6 Å². The fraction of sp³-hybridized carbons (Fsp3) is 0.111. The molecular weight excluding hydrogens is 340 g/mol. The number of thiophene rings is 1. The summed E-state index contributed by atoms with van der Waals surface area (Å²) in [5, 5.41) is 9.81. The maximum atomic E-state index is 12.2. The number of hydrogen-bond donors (Lipinski definition) is 1. The van der Waals surface area contributed by atoms with Gasteiger partial charge in [-0.25, -0.2) is 4.98 Å². The maximum Gasteiger partial charge on any atom is 0.230 e. The standard InChI is InChI=1S/C18H16N2O2S2/c1-2-7-22-16-5-3-4-14(9-16)19-17(21)10-15-12-24-18(20-15)13-6-8-23-11-13/h2-6,8-9,11-12H,1,7,10H2,(H,19,21). The molecule has 0 saturated carbocycles. The maximum absolute atomic E-state index is 12.2. The molecule has 122 valence electrons. The molecule has 0 aliphatic rings. The van der Waals surface area contributed by atoms with E-state index in [9.17, 15) is 4.79 Å². The lowest BCUT2D eigenvalue weighted by molar-refractivity contribution is -0.115. The van der Waals surface area contributed by atoms with Gasteiger partial charge in [-0.1, -0.05) is 18.7 Å². The molecule has 0 aliphatic carbocycles. The first-order valence-electron chi connectivity index (χ1n) is 7.35. The van der Waals surface area contributed by atoms with Crippen LogP contribution in [0, 0.1) is 0 Å². The molecule has 3 rings (SSSR count). The predicted octanol–water partition coefficient (Wildman–Crippen LogP) is 4.62. The smallest absolute Gasteiger partial charge is 0.230 e. The normalized spacial score (nSPS) is 10.3. The predicted molar refractivity (Wildman–Crippen MR) is 99.9 cm³/mol. The number of thiazole rings is 1. The number of aromatic nitrogens is 1. The van der Waals surface area contributed by atoms with Crippen molar-refractivity contribution < 1.29 is 9.53 Å². The summed E-state index contributed by atoms with van der Waals surface area (Å²) in [5.41, 5.74) is 2.58. The zero-order chi connectivity index (χ0) is 16.8. The van der Waals surface area contributed by atoms with Crippen molar-refractivity contribution in [1.82, 2.24) is 4.98 Å². The van der Waals surface area contributed by atoms with Gasteiger partial charge in [-0.3, -0.25) is 4.79 Å². The monoisotopic (exact) mass is 356 g/mol. The quantitative estimate of drug-likeness (QED) is 0.629. The SMILES string of the molecule is C=CCOc1cccc(NC(=O)Cc2csc(-c3ccsc3)n2)c1. The van der Waals surface area contributed by atoms with Crippen molar-refractivity contribution in [3.8, 4) is 16.3 Å². The first-order chi connectivity index (χ1) is 11.7. The number of benzene rings is 1. The van der Waals surface area contributed by atoms with Crippen molar-refractivity contribution in [3.63, 3.8) is 0 Å². The molecule has 3 aromatic rings. The van der Waals surface area contributed by atoms with Gasteiger partial charge in [0.25, 0.3) is 0 Å². The highest BCUT2D eigenvalue weighted by Crippen LogP contribution is 2.26. The third-order valence-corrected chi connectivity index (χ3v) is 4.77. The molecule has 0 bridgehead atoms. The minimum absolute atomic E-state index is 0.0990. The second-order valence-electron chi connectivity index (χ2n) is 5.01. The molecule has 0 saturated heterocycles. The summed E-state index contributed by atoms with van der Waals surface area (Å²) in [6, 6.07) is 9.33. The summed E-state index contributed by atoms with van der Waals surface area (Å²) in [6.45, 7) is 4.05. The highest BCUT2D eigenvalue weighted by Gasteiger charge is 2.10. The summed E-state index contributed by atoms with van der Waals surface area (Å²) in [6.07, 6.45) is 1.93. The minimum Gasteiger partial charge on any atom is -0.489 e. The molecule has 0 radical (unpaired) electrons. The average molecular weight is 356 g/mol. The van der Waals surface area contributed by atoms with Crippen LogP contribution in [0.2, 0.25) is 0 Å². The van der Waals surface area contributed by atoms with Gasteiger partial charge in [0, 0.05) is 28.1 Å². The number of amides is 1. The zero-order valence-corrected chi connectivity index (χ0v) is 14.5. The lowest BCUT2D eigenvalue weighted by atomic mass is 10.2. The van der Waals surface area contributed by atoms with E-state index in [2.05, 4.69) is 22.3 Å². The van der Waals surface area contributed by atoms with E-state index in [0.717, 1.165) is 16.3 Å². The summed E-state index contributed by atoms with van der Waals surface area (Å²) in [5.74, 6) is 0.596. The summed E-state index contributed by atoms with van der Waals surface area (Å²) < 4.78 is 5.46. The van der Waals surface area contributed by atoms with Crippen LogP contribution in [0.4, 0.5) is 5.69 Å². The van der Waals surface area contributed by atoms with Crippen LogP contribution >= 0.6 is 22.7 Å². The molecule has 2 heterocycles. The minimum atomic E-state index is -0.0990. The van der Waals surface area contributed by atoms with Gasteiger partial charge in [0.1, 0.15) is 17.4 Å². The molecule has 2 aromatic heterocycles. The van der Waals surface area contributed by atoms with E-state index < -0.39 is 0 Å². The Morgan fingerprint density at radius 3 is 3.04 bits per heavy atom. The Balaban J connectivity index is 1.60. The zero-order valence-electron chi connectivity index (χ0n) is 12.9. The van der Waals surface area contributed by atoms with Crippen molar-refractivity contribution in [3.05, 3.63) is 64.8 Å². The summed E-state index contributed by atoms with van der Waals surface area (Å²) in [4.78, 5) is 16.7. The summed E-state index contributed by atoms with van der Waals surface area (Å²) >= 11 is 3.19. The molecule has 6 heteroatoms. The number of hydrogen-bond acceptors (Lipinski definition) is 5. The third-order valence-electron chi connectivity index (χ3n) is 3.15. The number of carbonyl (C=O) groups is 1. The second-order valence-corrected chi connectivity index (χ2v) is 6.65. The first kappa shape index (κ1) is 16.4. The molecule has 1 aromatic carbocycles. The van der Waals surface area contributed by atoms with Crippen LogP contribution in [0.1, 0.15) is 5.69 Å². The molecule has 0 aliphatic heterocycles. The van der Waals surface area contributed by atoms with Crippen molar-refractivity contribution in [2.24, 2.45) is 0 Å². The Morgan fingerprint density at radius 1 is 1.33 bits per heavy atom. The Labute approximate surface area is 148 Å². The van der Waals surface area contributed by atoms with E-state index in [4.69, 9.17) is 4.74 Å². The first-order valence-corrected chi connectivity index (χ1v) is 9.17. The van der Waals surface area contributed by atoms with Gasteiger partial charge < -0.3 is 10.1 Å². The van der Waals surface area contributed by atoms with E-state index in [1.54, 1.807) is 34.8 Å². The fourth-order valence-electron chi connectivity index (χ4n) is 2.10. The summed E-state index contributed by atoms with van der Waals surface area (Å²) in [7, 11) is 0. The van der Waals surface area contributed by atoms with E-state index in [1.807, 2.05) is 35.0 Å². The van der Waals surface area contributed by atoms with Gasteiger partial charge in [0.05, 0.1) is 12.1 Å². The second kappa shape index (κ2) is 7.90. The van der Waals surface area contributed by atoms with Crippen molar-refractivity contribution in [1.29, 1.82) is 0 Å². The lowest BCUT2D eigenvalue weighted by Gasteiger charge is -2.07. The van der Waals surface area contributed by atoms with E-state index in [0.29, 0.717) is 18.0 Å². The Kier molecular flexibility index (Phi) is 5.40. The highest BCUT2D eigenvalue weighted by molar-refractivity contribution is 7.14. The van der Waals surface area contributed by atoms with Crippen LogP contribution in [0.5, 0.6) is 5.75 Å². The number of nitrogens with one attached hydrogen (secondary N) is 1. The molecule has 0 atom stereocenters. The molecule has 24 heavy (non-hydrogen) atoms. The van der Waals surface area contributed by atoms with Crippen molar-refractivity contribution >= 4 is 34.3 Å². The van der Waals surface area contributed by atoms with Crippen LogP contribution in [0.3, 0.4) is 0 Å². The molecule has 0 unspecified atom stereocenters. The van der Waals surface area contributed by atoms with Gasteiger partial charge in [-0.2, -0.15) is 11.3 Å². The van der Waals surface area contributed by atoms with Gasteiger partial charge in [0.2, 0.25) is 5.91 Å². The number of rotatable bonds is 7. The van der Waals surface area contributed by atoms with E-state index >= 15 is 0 Å².